The third-order valence-corrected chi connectivity index (χ3v) is 6.28. The van der Waals surface area contributed by atoms with Crippen LogP contribution in [0.5, 0.6) is 17.2 Å². The SMILES string of the molecule is CCOC(=O)C1=C(C)NC(=O)N[C@H]1c1ccc(OCC(=O)N/N=C\c2cc(C(C)C)c(OC)cc2C)c(OC)c1. The normalized spacial score (nSPS) is 15.0. The van der Waals surface area contributed by atoms with E-state index >= 15 is 0 Å². The summed E-state index contributed by atoms with van der Waals surface area (Å²) in [7, 11) is 3.09. The second-order valence-electron chi connectivity index (χ2n) is 9.39. The Kier molecular flexibility index (Phi) is 10.1. The molecule has 214 valence electrons. The number of methoxy groups -OCH3 is 2. The lowest BCUT2D eigenvalue weighted by Gasteiger charge is -2.28. The maximum atomic E-state index is 12.6. The van der Waals surface area contributed by atoms with Gasteiger partial charge in [0.2, 0.25) is 0 Å². The predicted octanol–water partition coefficient (Wildman–Crippen LogP) is 3.86. The molecule has 1 aliphatic heterocycles. The van der Waals surface area contributed by atoms with Crippen LogP contribution in [0.1, 0.15) is 61.9 Å². The number of hydrazone groups is 1. The Labute approximate surface area is 233 Å². The average Bonchev–Trinajstić information content (AvgIpc) is 2.91. The van der Waals surface area contributed by atoms with Gasteiger partial charge in [0.1, 0.15) is 5.75 Å². The van der Waals surface area contributed by atoms with Crippen molar-refractivity contribution in [3.63, 3.8) is 0 Å². The van der Waals surface area contributed by atoms with E-state index in [1.54, 1.807) is 45.4 Å². The second kappa shape index (κ2) is 13.5. The fourth-order valence-electron chi connectivity index (χ4n) is 4.24. The van der Waals surface area contributed by atoms with E-state index in [-0.39, 0.29) is 24.7 Å². The van der Waals surface area contributed by atoms with E-state index in [1.807, 2.05) is 19.1 Å². The van der Waals surface area contributed by atoms with Crippen LogP contribution in [0.25, 0.3) is 0 Å². The maximum Gasteiger partial charge on any atom is 0.338 e. The van der Waals surface area contributed by atoms with Crippen LogP contribution in [-0.2, 0) is 14.3 Å². The highest BCUT2D eigenvalue weighted by Crippen LogP contribution is 2.34. The Balaban J connectivity index is 1.69. The minimum absolute atomic E-state index is 0.192. The van der Waals surface area contributed by atoms with Gasteiger partial charge in [-0.05, 0) is 73.2 Å². The first-order valence-electron chi connectivity index (χ1n) is 12.9. The lowest BCUT2D eigenvalue weighted by molar-refractivity contribution is -0.139. The zero-order valence-electron chi connectivity index (χ0n) is 23.8. The molecule has 0 aliphatic carbocycles. The molecule has 0 fully saturated rings. The largest absolute Gasteiger partial charge is 0.496 e. The van der Waals surface area contributed by atoms with Crippen molar-refractivity contribution in [2.24, 2.45) is 5.10 Å². The van der Waals surface area contributed by atoms with Crippen LogP contribution < -0.4 is 30.3 Å². The Morgan fingerprint density at radius 1 is 1.07 bits per heavy atom. The topological polar surface area (TPSA) is 137 Å². The van der Waals surface area contributed by atoms with Crippen LogP contribution >= 0.6 is 0 Å². The lowest BCUT2D eigenvalue weighted by Crippen LogP contribution is -2.45. The number of rotatable bonds is 11. The summed E-state index contributed by atoms with van der Waals surface area (Å²) in [5, 5.41) is 9.40. The highest BCUT2D eigenvalue weighted by molar-refractivity contribution is 5.95. The van der Waals surface area contributed by atoms with Crippen molar-refractivity contribution in [2.75, 3.05) is 27.4 Å². The Morgan fingerprint density at radius 3 is 2.45 bits per heavy atom. The quantitative estimate of drug-likeness (QED) is 0.219. The van der Waals surface area contributed by atoms with Gasteiger partial charge in [-0.2, -0.15) is 5.10 Å². The van der Waals surface area contributed by atoms with Gasteiger partial charge >= 0.3 is 12.0 Å². The molecule has 0 saturated carbocycles. The summed E-state index contributed by atoms with van der Waals surface area (Å²) in [5.41, 5.74) is 6.59. The first-order valence-corrected chi connectivity index (χ1v) is 12.9. The van der Waals surface area contributed by atoms with Crippen LogP contribution in [-0.4, -0.2) is 51.6 Å². The molecule has 3 rings (SSSR count). The number of urea groups is 1. The van der Waals surface area contributed by atoms with Crippen molar-refractivity contribution < 1.29 is 33.3 Å². The molecule has 3 N–H and O–H groups in total. The summed E-state index contributed by atoms with van der Waals surface area (Å²) in [5.74, 6) is 0.683. The molecule has 1 atom stereocenters. The minimum Gasteiger partial charge on any atom is -0.496 e. The van der Waals surface area contributed by atoms with E-state index in [0.29, 0.717) is 22.8 Å². The van der Waals surface area contributed by atoms with Gasteiger partial charge in [-0.15, -0.1) is 0 Å². The highest BCUT2D eigenvalue weighted by atomic mass is 16.5. The predicted molar refractivity (Wildman–Crippen MR) is 150 cm³/mol. The summed E-state index contributed by atoms with van der Waals surface area (Å²) < 4.78 is 21.8. The van der Waals surface area contributed by atoms with E-state index in [9.17, 15) is 14.4 Å². The van der Waals surface area contributed by atoms with Crippen LogP contribution in [0.15, 0.2) is 46.7 Å². The third-order valence-electron chi connectivity index (χ3n) is 6.28. The molecule has 0 spiro atoms. The number of ether oxygens (including phenoxy) is 4. The molecule has 0 radical (unpaired) electrons. The van der Waals surface area contributed by atoms with Gasteiger partial charge in [0, 0.05) is 5.70 Å². The van der Waals surface area contributed by atoms with Gasteiger partial charge in [-0.3, -0.25) is 4.79 Å². The van der Waals surface area contributed by atoms with Crippen LogP contribution in [0, 0.1) is 6.92 Å². The highest BCUT2D eigenvalue weighted by Gasteiger charge is 2.32. The van der Waals surface area contributed by atoms with E-state index in [1.165, 1.54) is 7.11 Å². The Hall–Kier alpha value is -4.54. The number of esters is 1. The molecule has 0 unspecified atom stereocenters. The molecule has 0 aromatic heterocycles. The molecule has 11 nitrogen and oxygen atoms in total. The zero-order chi connectivity index (χ0) is 29.4. The Morgan fingerprint density at radius 2 is 1.80 bits per heavy atom. The van der Waals surface area contributed by atoms with Gasteiger partial charge in [0.25, 0.3) is 5.91 Å². The first-order chi connectivity index (χ1) is 19.1. The van der Waals surface area contributed by atoms with Gasteiger partial charge < -0.3 is 29.6 Å². The van der Waals surface area contributed by atoms with E-state index in [2.05, 4.69) is 35.0 Å². The number of hydrogen-bond donors (Lipinski definition) is 3. The summed E-state index contributed by atoms with van der Waals surface area (Å²) >= 11 is 0. The van der Waals surface area contributed by atoms with E-state index in [4.69, 9.17) is 18.9 Å². The van der Waals surface area contributed by atoms with Crippen LogP contribution in [0.3, 0.4) is 0 Å². The van der Waals surface area contributed by atoms with E-state index in [0.717, 1.165) is 22.4 Å². The first kappa shape index (κ1) is 30.0. The molecule has 11 heteroatoms. The van der Waals surface area contributed by atoms with E-state index < -0.39 is 23.9 Å². The molecule has 1 aliphatic rings. The number of nitrogens with one attached hydrogen (secondary N) is 3. The molecular formula is C29H36N4O7. The average molecular weight is 553 g/mol. The van der Waals surface area contributed by atoms with Crippen molar-refractivity contribution in [2.45, 2.75) is 46.6 Å². The summed E-state index contributed by atoms with van der Waals surface area (Å²) in [6.07, 6.45) is 1.58. The number of carbonyl (C=O) groups is 3. The molecule has 40 heavy (non-hydrogen) atoms. The van der Waals surface area contributed by atoms with Crippen molar-refractivity contribution in [1.82, 2.24) is 16.1 Å². The van der Waals surface area contributed by atoms with Gasteiger partial charge in [-0.1, -0.05) is 19.9 Å². The van der Waals surface area contributed by atoms with Crippen molar-refractivity contribution in [1.29, 1.82) is 0 Å². The molecular weight excluding hydrogens is 516 g/mol. The summed E-state index contributed by atoms with van der Waals surface area (Å²) in [6, 6.07) is 7.64. The number of aryl methyl sites for hydroxylation is 1. The molecule has 1 heterocycles. The van der Waals surface area contributed by atoms with Gasteiger partial charge in [0.15, 0.2) is 18.1 Å². The molecule has 2 aromatic rings. The number of amides is 3. The standard InChI is InChI=1S/C29H36N4O7/c1-8-39-28(35)26-18(5)31-29(36)32-27(26)19-9-10-22(24(13-19)38-7)40-15-25(34)33-30-14-20-12-21(16(2)3)23(37-6)11-17(20)4/h9-14,16,27H,8,15H2,1-7H3,(H,33,34)(H2,31,32,36)/b30-14-/t27-/m0/s1. The van der Waals surface area contributed by atoms with Crippen LogP contribution in [0.2, 0.25) is 0 Å². The number of carbonyl (C=O) groups excluding carboxylic acids is 3. The number of benzene rings is 2. The molecule has 3 amide bonds. The number of allylic oxidation sites excluding steroid dienone is 1. The fraction of sp³-hybridized carbons (Fsp3) is 0.379. The van der Waals surface area contributed by atoms with Crippen molar-refractivity contribution >= 4 is 24.1 Å². The molecule has 2 aromatic carbocycles. The lowest BCUT2D eigenvalue weighted by atomic mass is 9.95. The maximum absolute atomic E-state index is 12.6. The fourth-order valence-corrected chi connectivity index (χ4v) is 4.24. The summed E-state index contributed by atoms with van der Waals surface area (Å²) in [4.78, 5) is 37.1. The minimum atomic E-state index is -0.758. The smallest absolute Gasteiger partial charge is 0.338 e. The van der Waals surface area contributed by atoms with Gasteiger partial charge in [0.05, 0.1) is 38.7 Å². The Bertz CT molecular complexity index is 1330. The zero-order valence-corrected chi connectivity index (χ0v) is 23.8. The summed E-state index contributed by atoms with van der Waals surface area (Å²) in [6.45, 7) is 9.31. The second-order valence-corrected chi connectivity index (χ2v) is 9.39. The van der Waals surface area contributed by atoms with Crippen LogP contribution in [0.4, 0.5) is 4.79 Å². The van der Waals surface area contributed by atoms with Crippen molar-refractivity contribution in [3.05, 3.63) is 63.9 Å². The number of hydrogen-bond acceptors (Lipinski definition) is 8. The van der Waals surface area contributed by atoms with Crippen molar-refractivity contribution in [3.8, 4) is 17.2 Å². The van der Waals surface area contributed by atoms with Gasteiger partial charge in [-0.25, -0.2) is 15.0 Å². The molecule has 0 saturated heterocycles. The number of nitrogens with zero attached hydrogens (tertiary/aromatic N) is 1. The molecule has 0 bridgehead atoms. The monoisotopic (exact) mass is 552 g/mol. The third kappa shape index (κ3) is 7.10.